The summed E-state index contributed by atoms with van der Waals surface area (Å²) in [7, 11) is 1.48. The first-order valence-corrected chi connectivity index (χ1v) is 8.59. The van der Waals surface area contributed by atoms with Gasteiger partial charge in [-0.15, -0.1) is 0 Å². The van der Waals surface area contributed by atoms with Crippen molar-refractivity contribution in [3.63, 3.8) is 0 Å². The van der Waals surface area contributed by atoms with Gasteiger partial charge >= 0.3 is 5.97 Å². The monoisotopic (exact) mass is 300 g/mol. The molecule has 0 saturated carbocycles. The predicted molar refractivity (Wildman–Crippen MR) is 89.6 cm³/mol. The zero-order valence-electron chi connectivity index (χ0n) is 14.8. The van der Waals surface area contributed by atoms with Crippen LogP contribution >= 0.6 is 0 Å². The molecule has 0 aromatic carbocycles. The second-order valence-electron chi connectivity index (χ2n) is 5.94. The molecular weight excluding hydrogens is 264 g/mol. The van der Waals surface area contributed by atoms with Gasteiger partial charge in [-0.1, -0.05) is 52.9 Å². The number of carbonyl (C=O) groups excluding carboxylic acids is 1. The van der Waals surface area contributed by atoms with E-state index < -0.39 is 5.54 Å². The number of esters is 1. The average Bonchev–Trinajstić information content (AvgIpc) is 2.50. The molecule has 1 N–H and O–H groups in total. The van der Waals surface area contributed by atoms with Gasteiger partial charge in [-0.25, -0.2) is 0 Å². The molecule has 0 aliphatic carbocycles. The number of carbonyl (C=O) groups is 1. The van der Waals surface area contributed by atoms with Crippen LogP contribution in [0.5, 0.6) is 0 Å². The zero-order valence-corrected chi connectivity index (χ0v) is 14.8. The Labute approximate surface area is 131 Å². The number of hydrogen-bond donors (Lipinski definition) is 1. The molecule has 4 heteroatoms. The number of likely N-dealkylation sites (N-methyl/N-ethyl adjacent to an activating group) is 1. The van der Waals surface area contributed by atoms with E-state index in [1.807, 2.05) is 6.92 Å². The molecule has 0 spiro atoms. The molecule has 4 nitrogen and oxygen atoms in total. The highest BCUT2D eigenvalue weighted by molar-refractivity contribution is 5.80. The van der Waals surface area contributed by atoms with E-state index in [2.05, 4.69) is 31.0 Å². The SMILES string of the molecule is CCCCCCCC(C)(NCCN(CC)CC)C(=O)OC. The lowest BCUT2D eigenvalue weighted by Crippen LogP contribution is -2.52. The van der Waals surface area contributed by atoms with Crippen molar-refractivity contribution in [2.75, 3.05) is 33.3 Å². The van der Waals surface area contributed by atoms with Crippen LogP contribution in [0.2, 0.25) is 0 Å². The molecule has 0 fully saturated rings. The zero-order chi connectivity index (χ0) is 16.1. The highest BCUT2D eigenvalue weighted by atomic mass is 16.5. The summed E-state index contributed by atoms with van der Waals surface area (Å²) < 4.78 is 4.99. The minimum atomic E-state index is -0.548. The summed E-state index contributed by atoms with van der Waals surface area (Å²) in [6.45, 7) is 12.4. The van der Waals surface area contributed by atoms with Crippen molar-refractivity contribution in [3.05, 3.63) is 0 Å². The second kappa shape index (κ2) is 12.0. The minimum absolute atomic E-state index is 0.141. The van der Waals surface area contributed by atoms with Crippen LogP contribution in [-0.2, 0) is 9.53 Å². The lowest BCUT2D eigenvalue weighted by Gasteiger charge is -2.29. The molecule has 0 bridgehead atoms. The van der Waals surface area contributed by atoms with E-state index in [4.69, 9.17) is 4.74 Å². The Morgan fingerprint density at radius 1 is 1.10 bits per heavy atom. The summed E-state index contributed by atoms with van der Waals surface area (Å²) in [5, 5.41) is 3.42. The van der Waals surface area contributed by atoms with Crippen molar-refractivity contribution in [3.8, 4) is 0 Å². The maximum Gasteiger partial charge on any atom is 0.325 e. The van der Waals surface area contributed by atoms with Gasteiger partial charge in [0.2, 0.25) is 0 Å². The van der Waals surface area contributed by atoms with E-state index in [0.29, 0.717) is 0 Å². The van der Waals surface area contributed by atoms with E-state index >= 15 is 0 Å². The number of ether oxygens (including phenoxy) is 1. The Bertz CT molecular complexity index is 268. The number of nitrogens with one attached hydrogen (secondary N) is 1. The third-order valence-corrected chi connectivity index (χ3v) is 4.25. The van der Waals surface area contributed by atoms with Gasteiger partial charge in [0.1, 0.15) is 5.54 Å². The molecule has 1 unspecified atom stereocenters. The molecular formula is C17H36N2O2. The largest absolute Gasteiger partial charge is 0.468 e. The van der Waals surface area contributed by atoms with Crippen LogP contribution in [0.3, 0.4) is 0 Å². The Balaban J connectivity index is 4.25. The first-order chi connectivity index (χ1) is 10.0. The number of hydrogen-bond acceptors (Lipinski definition) is 4. The maximum absolute atomic E-state index is 12.1. The molecule has 1 atom stereocenters. The molecule has 126 valence electrons. The first kappa shape index (κ1) is 20.4. The van der Waals surface area contributed by atoms with Crippen LogP contribution < -0.4 is 5.32 Å². The van der Waals surface area contributed by atoms with Crippen molar-refractivity contribution >= 4 is 5.97 Å². The van der Waals surface area contributed by atoms with Crippen LogP contribution in [0, 0.1) is 0 Å². The van der Waals surface area contributed by atoms with Crippen molar-refractivity contribution in [1.29, 1.82) is 0 Å². The van der Waals surface area contributed by atoms with Gasteiger partial charge in [0, 0.05) is 13.1 Å². The topological polar surface area (TPSA) is 41.6 Å². The number of methoxy groups -OCH3 is 1. The van der Waals surface area contributed by atoms with Crippen molar-refractivity contribution in [2.24, 2.45) is 0 Å². The maximum atomic E-state index is 12.1. The summed E-state index contributed by atoms with van der Waals surface area (Å²) in [4.78, 5) is 14.4. The van der Waals surface area contributed by atoms with Crippen molar-refractivity contribution in [2.45, 2.75) is 71.8 Å². The van der Waals surface area contributed by atoms with E-state index in [1.54, 1.807) is 0 Å². The Kier molecular flexibility index (Phi) is 11.6. The summed E-state index contributed by atoms with van der Waals surface area (Å²) in [5.41, 5.74) is -0.548. The fourth-order valence-electron chi connectivity index (χ4n) is 2.60. The molecule has 0 aromatic heterocycles. The number of rotatable bonds is 13. The molecule has 0 saturated heterocycles. The average molecular weight is 300 g/mol. The van der Waals surface area contributed by atoms with Gasteiger partial charge in [-0.05, 0) is 26.4 Å². The van der Waals surface area contributed by atoms with Crippen LogP contribution in [0.1, 0.15) is 66.2 Å². The third-order valence-electron chi connectivity index (χ3n) is 4.25. The third kappa shape index (κ3) is 8.42. The Hall–Kier alpha value is -0.610. The minimum Gasteiger partial charge on any atom is -0.468 e. The molecule has 0 heterocycles. The molecule has 0 aromatic rings. The molecule has 21 heavy (non-hydrogen) atoms. The fourth-order valence-corrected chi connectivity index (χ4v) is 2.60. The van der Waals surface area contributed by atoms with Gasteiger partial charge in [0.05, 0.1) is 7.11 Å². The second-order valence-corrected chi connectivity index (χ2v) is 5.94. The lowest BCUT2D eigenvalue weighted by atomic mass is 9.94. The number of nitrogens with zero attached hydrogens (tertiary/aromatic N) is 1. The first-order valence-electron chi connectivity index (χ1n) is 8.59. The summed E-state index contributed by atoms with van der Waals surface area (Å²) in [6.07, 6.45) is 6.90. The highest BCUT2D eigenvalue weighted by Gasteiger charge is 2.33. The summed E-state index contributed by atoms with van der Waals surface area (Å²) >= 11 is 0. The van der Waals surface area contributed by atoms with E-state index in [1.165, 1.54) is 32.8 Å². The molecule has 0 aliphatic heterocycles. The Morgan fingerprint density at radius 3 is 2.24 bits per heavy atom. The smallest absolute Gasteiger partial charge is 0.325 e. The summed E-state index contributed by atoms with van der Waals surface area (Å²) in [6, 6.07) is 0. The van der Waals surface area contributed by atoms with Crippen LogP contribution in [0.15, 0.2) is 0 Å². The highest BCUT2D eigenvalue weighted by Crippen LogP contribution is 2.17. The normalized spacial score (nSPS) is 14.2. The van der Waals surface area contributed by atoms with Gasteiger partial charge in [0.25, 0.3) is 0 Å². The molecule has 0 amide bonds. The van der Waals surface area contributed by atoms with Crippen molar-refractivity contribution in [1.82, 2.24) is 10.2 Å². The number of unbranched alkanes of at least 4 members (excludes halogenated alkanes) is 4. The quantitative estimate of drug-likeness (QED) is 0.419. The Morgan fingerprint density at radius 2 is 1.71 bits per heavy atom. The summed E-state index contributed by atoms with van der Waals surface area (Å²) in [5.74, 6) is -0.141. The molecule has 0 radical (unpaired) electrons. The molecule has 0 rings (SSSR count). The van der Waals surface area contributed by atoms with Crippen molar-refractivity contribution < 1.29 is 9.53 Å². The molecule has 0 aliphatic rings. The lowest BCUT2D eigenvalue weighted by molar-refractivity contribution is -0.148. The van der Waals surface area contributed by atoms with Crippen LogP contribution in [0.25, 0.3) is 0 Å². The van der Waals surface area contributed by atoms with Gasteiger partial charge in [-0.2, -0.15) is 0 Å². The standard InChI is InChI=1S/C17H36N2O2/c1-6-9-10-11-12-13-17(4,16(20)21-5)18-14-15-19(7-2)8-3/h18H,6-15H2,1-5H3. The van der Waals surface area contributed by atoms with E-state index in [-0.39, 0.29) is 5.97 Å². The predicted octanol–water partition coefficient (Wildman–Crippen LogP) is 3.21. The van der Waals surface area contributed by atoms with E-state index in [9.17, 15) is 4.79 Å². The van der Waals surface area contributed by atoms with Gasteiger partial charge in [-0.3, -0.25) is 4.79 Å². The van der Waals surface area contributed by atoms with Gasteiger partial charge < -0.3 is 15.0 Å². The van der Waals surface area contributed by atoms with E-state index in [0.717, 1.165) is 39.0 Å². The van der Waals surface area contributed by atoms with Crippen LogP contribution in [0.4, 0.5) is 0 Å². The van der Waals surface area contributed by atoms with Crippen LogP contribution in [-0.4, -0.2) is 49.7 Å². The fraction of sp³-hybridized carbons (Fsp3) is 0.941. The van der Waals surface area contributed by atoms with Gasteiger partial charge in [0.15, 0.2) is 0 Å².